The fourth-order valence-corrected chi connectivity index (χ4v) is 3.05. The molecule has 0 bridgehead atoms. The minimum absolute atomic E-state index is 0.0280. The molecule has 0 saturated carbocycles. The van der Waals surface area contributed by atoms with Crippen LogP contribution < -0.4 is 10.6 Å². The Kier molecular flexibility index (Phi) is 6.30. The predicted molar refractivity (Wildman–Crippen MR) is 107 cm³/mol. The van der Waals surface area contributed by atoms with Gasteiger partial charge in [0.25, 0.3) is 0 Å². The Morgan fingerprint density at radius 2 is 1.97 bits per heavy atom. The number of nitrogens with zero attached hydrogens (tertiary/aromatic N) is 5. The molecule has 0 aliphatic carbocycles. The van der Waals surface area contributed by atoms with Crippen LogP contribution in [0.15, 0.2) is 33.4 Å². The highest BCUT2D eigenvalue weighted by molar-refractivity contribution is 9.10. The summed E-state index contributed by atoms with van der Waals surface area (Å²) in [5.74, 6) is -0.195. The number of carbonyl (C=O) groups is 2. The van der Waals surface area contributed by atoms with Crippen molar-refractivity contribution in [2.45, 2.75) is 33.5 Å². The minimum atomic E-state index is -0.631. The van der Waals surface area contributed by atoms with Gasteiger partial charge in [-0.3, -0.25) is 14.3 Å². The molecule has 0 aromatic carbocycles. The molecule has 13 heteroatoms. The van der Waals surface area contributed by atoms with E-state index in [-0.39, 0.29) is 41.6 Å². The van der Waals surface area contributed by atoms with Gasteiger partial charge < -0.3 is 25.2 Å². The monoisotopic (exact) mass is 479 g/mol. The van der Waals surface area contributed by atoms with E-state index < -0.39 is 10.8 Å². The average Bonchev–Trinajstić information content (AvgIpc) is 3.37. The van der Waals surface area contributed by atoms with Crippen LogP contribution in [0.5, 0.6) is 0 Å². The molecule has 12 nitrogen and oxygen atoms in total. The van der Waals surface area contributed by atoms with Gasteiger partial charge in [-0.15, -0.1) is 0 Å². The maximum Gasteiger partial charge on any atom is 0.404 e. The number of nitro groups is 1. The largest absolute Gasteiger partial charge is 0.467 e. The van der Waals surface area contributed by atoms with Gasteiger partial charge in [0.15, 0.2) is 5.82 Å². The third kappa shape index (κ3) is 4.92. The molecule has 0 fully saturated rings. The number of aromatic nitrogens is 4. The summed E-state index contributed by atoms with van der Waals surface area (Å²) in [5, 5.41) is 24.3. The summed E-state index contributed by atoms with van der Waals surface area (Å²) in [7, 11) is 0. The van der Waals surface area contributed by atoms with Gasteiger partial charge >= 0.3 is 5.82 Å². The number of amides is 2. The molecule has 3 aromatic heterocycles. The summed E-state index contributed by atoms with van der Waals surface area (Å²) < 4.78 is 8.05. The van der Waals surface area contributed by atoms with E-state index >= 15 is 0 Å². The number of rotatable bonds is 8. The van der Waals surface area contributed by atoms with Crippen molar-refractivity contribution in [2.75, 3.05) is 5.32 Å². The summed E-state index contributed by atoms with van der Waals surface area (Å²) in [6.07, 6.45) is 1.52. The van der Waals surface area contributed by atoms with Crippen LogP contribution in [0.3, 0.4) is 0 Å². The standard InChI is InChI=1S/C17H18BrN7O5/c1-10-6-13(21-23(10)8-14(26)19-7-12-4-3-5-30-12)20-15(27)9-24-11(2)16(18)17(22-24)25(28)29/h3-6H,7-9H2,1-2H3,(H,19,26)(H,20,21,27). The van der Waals surface area contributed by atoms with E-state index in [9.17, 15) is 19.7 Å². The topological polar surface area (TPSA) is 150 Å². The molecule has 158 valence electrons. The molecule has 3 heterocycles. The van der Waals surface area contributed by atoms with E-state index in [0.717, 1.165) is 0 Å². The van der Waals surface area contributed by atoms with Crippen molar-refractivity contribution in [2.24, 2.45) is 0 Å². The molecule has 0 aliphatic heterocycles. The van der Waals surface area contributed by atoms with Crippen LogP contribution in [0.1, 0.15) is 17.1 Å². The molecule has 2 N–H and O–H groups in total. The molecule has 3 aromatic rings. The van der Waals surface area contributed by atoms with Crippen LogP contribution in [0.4, 0.5) is 11.6 Å². The Bertz CT molecular complexity index is 1090. The number of aryl methyl sites for hydroxylation is 1. The van der Waals surface area contributed by atoms with E-state index in [2.05, 4.69) is 36.8 Å². The van der Waals surface area contributed by atoms with Crippen molar-refractivity contribution >= 4 is 39.4 Å². The molecular weight excluding hydrogens is 462 g/mol. The lowest BCUT2D eigenvalue weighted by molar-refractivity contribution is -0.390. The highest BCUT2D eigenvalue weighted by Crippen LogP contribution is 2.26. The first kappa shape index (κ1) is 21.2. The summed E-state index contributed by atoms with van der Waals surface area (Å²) in [4.78, 5) is 34.7. The molecule has 2 amide bonds. The zero-order valence-corrected chi connectivity index (χ0v) is 17.7. The second-order valence-corrected chi connectivity index (χ2v) is 7.16. The molecule has 0 saturated heterocycles. The maximum absolute atomic E-state index is 12.3. The van der Waals surface area contributed by atoms with Crippen LogP contribution in [0.25, 0.3) is 0 Å². The molecule has 0 aliphatic rings. The first-order valence-corrected chi connectivity index (χ1v) is 9.54. The summed E-state index contributed by atoms with van der Waals surface area (Å²) in [6, 6.07) is 5.10. The van der Waals surface area contributed by atoms with Crippen molar-refractivity contribution < 1.29 is 18.9 Å². The average molecular weight is 480 g/mol. The van der Waals surface area contributed by atoms with Crippen LogP contribution >= 0.6 is 15.9 Å². The Hall–Kier alpha value is -3.48. The van der Waals surface area contributed by atoms with Gasteiger partial charge in [-0.1, -0.05) is 0 Å². The molecule has 0 atom stereocenters. The van der Waals surface area contributed by atoms with Crippen molar-refractivity contribution in [3.8, 4) is 0 Å². The number of hydrogen-bond donors (Lipinski definition) is 2. The maximum atomic E-state index is 12.3. The molecular formula is C17H18BrN7O5. The Labute approximate surface area is 178 Å². The number of carbonyl (C=O) groups excluding carboxylic acids is 2. The van der Waals surface area contributed by atoms with E-state index in [4.69, 9.17) is 4.42 Å². The first-order chi connectivity index (χ1) is 14.2. The van der Waals surface area contributed by atoms with Crippen molar-refractivity contribution in [1.82, 2.24) is 24.9 Å². The van der Waals surface area contributed by atoms with Crippen molar-refractivity contribution in [3.63, 3.8) is 0 Å². The van der Waals surface area contributed by atoms with Crippen LogP contribution in [0.2, 0.25) is 0 Å². The van der Waals surface area contributed by atoms with Crippen molar-refractivity contribution in [3.05, 3.63) is 56.2 Å². The van der Waals surface area contributed by atoms with E-state index in [1.807, 2.05) is 0 Å². The fraction of sp³-hybridized carbons (Fsp3) is 0.294. The lowest BCUT2D eigenvalue weighted by atomic mass is 10.4. The van der Waals surface area contributed by atoms with Gasteiger partial charge in [0.05, 0.1) is 23.6 Å². The molecule has 30 heavy (non-hydrogen) atoms. The van der Waals surface area contributed by atoms with E-state index in [1.165, 1.54) is 15.6 Å². The number of hydrogen-bond acceptors (Lipinski definition) is 7. The molecule has 3 rings (SSSR count). The number of halogens is 1. The highest BCUT2D eigenvalue weighted by atomic mass is 79.9. The second kappa shape index (κ2) is 8.90. The SMILES string of the molecule is Cc1cc(NC(=O)Cn2nc([N+](=O)[O-])c(Br)c2C)nn1CC(=O)NCc1ccco1. The molecule has 0 spiro atoms. The molecule has 0 radical (unpaired) electrons. The van der Waals surface area contributed by atoms with E-state index in [0.29, 0.717) is 17.1 Å². The smallest absolute Gasteiger partial charge is 0.404 e. The van der Waals surface area contributed by atoms with Crippen molar-refractivity contribution in [1.29, 1.82) is 0 Å². The van der Waals surface area contributed by atoms with Gasteiger partial charge in [-0.2, -0.15) is 9.78 Å². The normalized spacial score (nSPS) is 10.8. The van der Waals surface area contributed by atoms with Crippen LogP contribution in [-0.4, -0.2) is 36.3 Å². The summed E-state index contributed by atoms with van der Waals surface area (Å²) in [5.41, 5.74) is 1.12. The van der Waals surface area contributed by atoms with Crippen LogP contribution in [0, 0.1) is 24.0 Å². The summed E-state index contributed by atoms with van der Waals surface area (Å²) in [6.45, 7) is 3.37. The quantitative estimate of drug-likeness (QED) is 0.369. The van der Waals surface area contributed by atoms with Gasteiger partial charge in [0.2, 0.25) is 11.8 Å². The zero-order valence-electron chi connectivity index (χ0n) is 16.1. The van der Waals surface area contributed by atoms with Crippen LogP contribution in [-0.2, 0) is 29.2 Å². The third-order valence-electron chi connectivity index (χ3n) is 4.16. The number of nitrogens with one attached hydrogen (secondary N) is 2. The zero-order chi connectivity index (χ0) is 21.8. The Balaban J connectivity index is 1.58. The predicted octanol–water partition coefficient (Wildman–Crippen LogP) is 1.92. The number of anilines is 1. The molecule has 0 unspecified atom stereocenters. The van der Waals surface area contributed by atoms with Gasteiger partial charge in [0, 0.05) is 11.8 Å². The Morgan fingerprint density at radius 1 is 1.23 bits per heavy atom. The highest BCUT2D eigenvalue weighted by Gasteiger charge is 2.24. The van der Waals surface area contributed by atoms with Gasteiger partial charge in [0.1, 0.15) is 23.3 Å². The second-order valence-electron chi connectivity index (χ2n) is 6.37. The third-order valence-corrected chi connectivity index (χ3v) is 5.09. The number of furan rings is 1. The fourth-order valence-electron chi connectivity index (χ4n) is 2.62. The van der Waals surface area contributed by atoms with Gasteiger partial charge in [-0.05, 0) is 46.8 Å². The summed E-state index contributed by atoms with van der Waals surface area (Å²) >= 11 is 3.10. The lowest BCUT2D eigenvalue weighted by Gasteiger charge is -2.05. The van der Waals surface area contributed by atoms with Gasteiger partial charge in [-0.25, -0.2) is 0 Å². The van der Waals surface area contributed by atoms with E-state index in [1.54, 1.807) is 32.0 Å². The minimum Gasteiger partial charge on any atom is -0.467 e. The lowest BCUT2D eigenvalue weighted by Crippen LogP contribution is -2.28. The first-order valence-electron chi connectivity index (χ1n) is 8.75. The Morgan fingerprint density at radius 3 is 2.60 bits per heavy atom.